The molecule has 33 heavy (non-hydrogen) atoms. The highest BCUT2D eigenvalue weighted by molar-refractivity contribution is 7.92. The molecule has 3 aromatic carbocycles. The van der Waals surface area contributed by atoms with Gasteiger partial charge in [0.25, 0.3) is 15.9 Å². The average molecular weight is 473 g/mol. The Morgan fingerprint density at radius 1 is 0.939 bits per heavy atom. The fourth-order valence-electron chi connectivity index (χ4n) is 2.93. The van der Waals surface area contributed by atoms with Crippen LogP contribution in [0.25, 0.3) is 0 Å². The number of sulfonamides is 1. The highest BCUT2D eigenvalue weighted by Crippen LogP contribution is 2.20. The molecule has 3 rings (SSSR count). The van der Waals surface area contributed by atoms with Crippen LogP contribution in [0.15, 0.2) is 77.7 Å². The van der Waals surface area contributed by atoms with E-state index in [9.17, 15) is 17.6 Å². The van der Waals surface area contributed by atoms with Gasteiger partial charge < -0.3 is 14.8 Å². The summed E-state index contributed by atoms with van der Waals surface area (Å²) in [4.78, 5) is 12.4. The molecule has 3 aromatic rings. The maximum atomic E-state index is 12.9. The minimum atomic E-state index is -3.86. The van der Waals surface area contributed by atoms with Gasteiger partial charge in [-0.1, -0.05) is 6.07 Å². The van der Waals surface area contributed by atoms with Gasteiger partial charge in [0.2, 0.25) is 0 Å². The molecule has 0 aliphatic carbocycles. The molecule has 1 amide bonds. The Morgan fingerprint density at radius 3 is 2.33 bits per heavy atom. The monoisotopic (exact) mass is 472 g/mol. The van der Waals surface area contributed by atoms with E-state index in [4.69, 9.17) is 9.47 Å². The minimum Gasteiger partial charge on any atom is -0.497 e. The van der Waals surface area contributed by atoms with E-state index in [-0.39, 0.29) is 22.2 Å². The quantitative estimate of drug-likeness (QED) is 0.408. The van der Waals surface area contributed by atoms with Crippen molar-refractivity contribution < 1.29 is 27.1 Å². The molecule has 2 N–H and O–H groups in total. The summed E-state index contributed by atoms with van der Waals surface area (Å²) in [7, 11) is -2.34. The highest BCUT2D eigenvalue weighted by atomic mass is 32.2. The lowest BCUT2D eigenvalue weighted by Gasteiger charge is -2.10. The third-order valence-corrected chi connectivity index (χ3v) is 6.07. The predicted octanol–water partition coefficient (Wildman–Crippen LogP) is 4.22. The molecule has 0 aromatic heterocycles. The summed E-state index contributed by atoms with van der Waals surface area (Å²) < 4.78 is 51.3. The molecule has 9 heteroatoms. The number of hydrogen-bond acceptors (Lipinski definition) is 5. The Morgan fingerprint density at radius 2 is 1.64 bits per heavy atom. The Balaban J connectivity index is 1.48. The smallest absolute Gasteiger partial charge is 0.261 e. The van der Waals surface area contributed by atoms with E-state index in [1.165, 1.54) is 37.4 Å². The van der Waals surface area contributed by atoms with Gasteiger partial charge in [-0.3, -0.25) is 9.52 Å². The fraction of sp³-hybridized carbons (Fsp3) is 0.208. The van der Waals surface area contributed by atoms with Crippen LogP contribution >= 0.6 is 0 Å². The SMILES string of the molecule is COc1ccc(NS(=O)(=O)c2cccc(C(=O)NCCCCOc3ccc(F)cc3)c2)cc1. The van der Waals surface area contributed by atoms with Gasteiger partial charge in [-0.25, -0.2) is 12.8 Å². The molecule has 0 saturated carbocycles. The van der Waals surface area contributed by atoms with Gasteiger partial charge in [0.05, 0.1) is 18.6 Å². The standard InChI is InChI=1S/C24H25FN2O5S/c1-31-21-13-9-20(10-14-21)27-33(29,30)23-6-4-5-18(17-23)24(28)26-15-2-3-16-32-22-11-7-19(25)8-12-22/h4-14,17,27H,2-3,15-16H2,1H3,(H,26,28). The largest absolute Gasteiger partial charge is 0.497 e. The summed E-state index contributed by atoms with van der Waals surface area (Å²) in [6, 6.07) is 18.1. The Hall–Kier alpha value is -3.59. The summed E-state index contributed by atoms with van der Waals surface area (Å²) in [6.07, 6.45) is 1.36. The zero-order valence-corrected chi connectivity index (χ0v) is 18.9. The van der Waals surface area contributed by atoms with E-state index in [2.05, 4.69) is 10.0 Å². The molecule has 0 atom stereocenters. The number of rotatable bonds is 11. The number of carbonyl (C=O) groups is 1. The van der Waals surface area contributed by atoms with Crippen molar-refractivity contribution in [1.82, 2.24) is 5.32 Å². The number of unbranched alkanes of at least 4 members (excludes halogenated alkanes) is 1. The lowest BCUT2D eigenvalue weighted by molar-refractivity contribution is 0.0952. The van der Waals surface area contributed by atoms with Crippen molar-refractivity contribution in [2.24, 2.45) is 0 Å². The molecule has 174 valence electrons. The number of carbonyl (C=O) groups excluding carboxylic acids is 1. The summed E-state index contributed by atoms with van der Waals surface area (Å²) in [5.41, 5.74) is 0.628. The summed E-state index contributed by atoms with van der Waals surface area (Å²) in [5, 5.41) is 2.77. The molecule has 0 unspecified atom stereocenters. The van der Waals surface area contributed by atoms with Gasteiger partial charge in [0.1, 0.15) is 17.3 Å². The summed E-state index contributed by atoms with van der Waals surface area (Å²) in [6.45, 7) is 0.846. The Labute approximate surface area is 192 Å². The highest BCUT2D eigenvalue weighted by Gasteiger charge is 2.16. The number of amides is 1. The summed E-state index contributed by atoms with van der Waals surface area (Å²) in [5.74, 6) is 0.509. The normalized spacial score (nSPS) is 11.0. The third kappa shape index (κ3) is 7.21. The van der Waals surface area contributed by atoms with Gasteiger partial charge in [-0.05, 0) is 79.6 Å². The number of benzene rings is 3. The van der Waals surface area contributed by atoms with Crippen LogP contribution in [0.5, 0.6) is 11.5 Å². The van der Waals surface area contributed by atoms with Gasteiger partial charge in [0.15, 0.2) is 0 Å². The molecular formula is C24H25FN2O5S. The van der Waals surface area contributed by atoms with Crippen molar-refractivity contribution >= 4 is 21.6 Å². The number of ether oxygens (including phenoxy) is 2. The van der Waals surface area contributed by atoms with E-state index < -0.39 is 10.0 Å². The first-order valence-electron chi connectivity index (χ1n) is 10.3. The molecule has 0 aliphatic rings. The van der Waals surface area contributed by atoms with Crippen LogP contribution in [-0.2, 0) is 10.0 Å². The van der Waals surface area contributed by atoms with Crippen molar-refractivity contribution in [3.8, 4) is 11.5 Å². The van der Waals surface area contributed by atoms with Crippen molar-refractivity contribution in [3.63, 3.8) is 0 Å². The molecule has 0 bridgehead atoms. The number of halogens is 1. The number of hydrogen-bond donors (Lipinski definition) is 2. The molecule has 0 spiro atoms. The molecule has 0 fully saturated rings. The van der Waals surface area contributed by atoms with Crippen molar-refractivity contribution in [3.05, 3.63) is 84.2 Å². The first-order valence-corrected chi connectivity index (χ1v) is 11.8. The van der Waals surface area contributed by atoms with Crippen LogP contribution in [0.1, 0.15) is 23.2 Å². The van der Waals surface area contributed by atoms with Crippen molar-refractivity contribution in [2.75, 3.05) is 25.0 Å². The van der Waals surface area contributed by atoms with E-state index in [1.54, 1.807) is 42.5 Å². The maximum absolute atomic E-state index is 12.9. The molecule has 0 heterocycles. The molecule has 7 nitrogen and oxygen atoms in total. The second-order valence-corrected chi connectivity index (χ2v) is 8.81. The van der Waals surface area contributed by atoms with Crippen LogP contribution in [0.4, 0.5) is 10.1 Å². The van der Waals surface area contributed by atoms with Crippen LogP contribution in [0, 0.1) is 5.82 Å². The van der Waals surface area contributed by atoms with Gasteiger partial charge in [-0.2, -0.15) is 0 Å². The third-order valence-electron chi connectivity index (χ3n) is 4.69. The molecule has 0 saturated heterocycles. The second kappa shape index (κ2) is 11.3. The topological polar surface area (TPSA) is 93.7 Å². The fourth-order valence-corrected chi connectivity index (χ4v) is 4.03. The van der Waals surface area contributed by atoms with E-state index in [0.29, 0.717) is 43.2 Å². The van der Waals surface area contributed by atoms with Crippen LogP contribution in [0.2, 0.25) is 0 Å². The second-order valence-electron chi connectivity index (χ2n) is 7.13. The lowest BCUT2D eigenvalue weighted by atomic mass is 10.2. The Bertz CT molecular complexity index is 1170. The first-order chi connectivity index (χ1) is 15.9. The van der Waals surface area contributed by atoms with Crippen LogP contribution in [0.3, 0.4) is 0 Å². The van der Waals surface area contributed by atoms with Crippen molar-refractivity contribution in [1.29, 1.82) is 0 Å². The first kappa shape index (κ1) is 24.1. The van der Waals surface area contributed by atoms with Crippen molar-refractivity contribution in [2.45, 2.75) is 17.7 Å². The minimum absolute atomic E-state index is 0.0151. The van der Waals surface area contributed by atoms with Crippen LogP contribution < -0.4 is 19.5 Å². The molecular weight excluding hydrogens is 447 g/mol. The zero-order valence-electron chi connectivity index (χ0n) is 18.1. The van der Waals surface area contributed by atoms with E-state index in [0.717, 1.165) is 0 Å². The van der Waals surface area contributed by atoms with E-state index >= 15 is 0 Å². The zero-order chi connectivity index (χ0) is 23.7. The molecule has 0 aliphatic heterocycles. The van der Waals surface area contributed by atoms with E-state index in [1.807, 2.05) is 0 Å². The van der Waals surface area contributed by atoms with Crippen LogP contribution in [-0.4, -0.2) is 34.6 Å². The number of methoxy groups -OCH3 is 1. The maximum Gasteiger partial charge on any atom is 0.261 e. The van der Waals surface area contributed by atoms with Gasteiger partial charge in [0, 0.05) is 17.8 Å². The predicted molar refractivity (Wildman–Crippen MR) is 124 cm³/mol. The van der Waals surface area contributed by atoms with Gasteiger partial charge >= 0.3 is 0 Å². The number of nitrogens with one attached hydrogen (secondary N) is 2. The van der Waals surface area contributed by atoms with Gasteiger partial charge in [-0.15, -0.1) is 0 Å². The average Bonchev–Trinajstić information content (AvgIpc) is 2.82. The Kier molecular flexibility index (Phi) is 8.26. The lowest BCUT2D eigenvalue weighted by Crippen LogP contribution is -2.25. The number of anilines is 1. The molecule has 0 radical (unpaired) electrons. The summed E-state index contributed by atoms with van der Waals surface area (Å²) >= 11 is 0.